The van der Waals surface area contributed by atoms with E-state index in [0.717, 1.165) is 12.2 Å². The van der Waals surface area contributed by atoms with Crippen molar-refractivity contribution >= 4 is 11.3 Å². The van der Waals surface area contributed by atoms with Gasteiger partial charge in [0.25, 0.3) is 0 Å². The Morgan fingerprint density at radius 1 is 1.43 bits per heavy atom. The summed E-state index contributed by atoms with van der Waals surface area (Å²) in [5.41, 5.74) is 0. The molecular weight excluding hydrogens is 194 g/mol. The molecule has 0 saturated carbocycles. The van der Waals surface area contributed by atoms with Gasteiger partial charge in [0.2, 0.25) is 0 Å². The van der Waals surface area contributed by atoms with Gasteiger partial charge in [0.15, 0.2) is 0 Å². The Bertz CT molecular complexity index is 353. The maximum Gasteiger partial charge on any atom is 0.121 e. The molecule has 2 aromatic rings. The molecular formula is C11H13NOS. The van der Waals surface area contributed by atoms with Crippen molar-refractivity contribution in [3.8, 4) is 0 Å². The van der Waals surface area contributed by atoms with E-state index in [-0.39, 0.29) is 6.04 Å². The molecule has 0 aliphatic heterocycles. The maximum absolute atomic E-state index is 5.38. The number of nitrogens with one attached hydrogen (secondary N) is 1. The molecule has 0 fully saturated rings. The molecule has 1 atom stereocenters. The zero-order valence-electron chi connectivity index (χ0n) is 8.07. The van der Waals surface area contributed by atoms with Crippen molar-refractivity contribution in [2.24, 2.45) is 0 Å². The van der Waals surface area contributed by atoms with E-state index in [0.29, 0.717) is 0 Å². The molecule has 2 nitrogen and oxygen atoms in total. The molecule has 2 rings (SSSR count). The maximum atomic E-state index is 5.38. The largest absolute Gasteiger partial charge is 0.468 e. The van der Waals surface area contributed by atoms with E-state index in [2.05, 4.69) is 22.8 Å². The molecule has 1 unspecified atom stereocenters. The second kappa shape index (κ2) is 4.44. The van der Waals surface area contributed by atoms with E-state index in [4.69, 9.17) is 4.42 Å². The summed E-state index contributed by atoms with van der Waals surface area (Å²) >= 11 is 1.78. The molecule has 0 bridgehead atoms. The average Bonchev–Trinajstić information content (AvgIpc) is 2.86. The number of likely N-dealkylation sites (N-methyl/N-ethyl adjacent to an activating group) is 1. The summed E-state index contributed by atoms with van der Waals surface area (Å²) in [6.07, 6.45) is 2.70. The zero-order valence-corrected chi connectivity index (χ0v) is 8.88. The standard InChI is InChI=1S/C11H13NOS/c1-12-10(11-5-2-6-13-11)8-9-4-3-7-14-9/h2-7,10,12H,8H2,1H3. The van der Waals surface area contributed by atoms with Crippen LogP contribution in [0.4, 0.5) is 0 Å². The van der Waals surface area contributed by atoms with Gasteiger partial charge in [-0.05, 0) is 30.6 Å². The van der Waals surface area contributed by atoms with Crippen molar-refractivity contribution in [1.82, 2.24) is 5.32 Å². The highest BCUT2D eigenvalue weighted by Gasteiger charge is 2.12. The predicted octanol–water partition coefficient (Wildman–Crippen LogP) is 2.84. The lowest BCUT2D eigenvalue weighted by Crippen LogP contribution is -2.17. The summed E-state index contributed by atoms with van der Waals surface area (Å²) in [5.74, 6) is 1.00. The average molecular weight is 207 g/mol. The topological polar surface area (TPSA) is 25.2 Å². The fourth-order valence-corrected chi connectivity index (χ4v) is 2.22. The molecule has 0 aromatic carbocycles. The first-order chi connectivity index (χ1) is 6.90. The second-order valence-corrected chi connectivity index (χ2v) is 4.17. The Labute approximate surface area is 87.6 Å². The molecule has 2 aromatic heterocycles. The minimum atomic E-state index is 0.281. The molecule has 0 amide bonds. The van der Waals surface area contributed by atoms with E-state index >= 15 is 0 Å². The van der Waals surface area contributed by atoms with Crippen LogP contribution < -0.4 is 5.32 Å². The van der Waals surface area contributed by atoms with Crippen molar-refractivity contribution in [2.45, 2.75) is 12.5 Å². The second-order valence-electron chi connectivity index (χ2n) is 3.14. The van der Waals surface area contributed by atoms with Gasteiger partial charge in [-0.3, -0.25) is 0 Å². The van der Waals surface area contributed by atoms with Crippen LogP contribution in [0, 0.1) is 0 Å². The summed E-state index contributed by atoms with van der Waals surface area (Å²) in [5, 5.41) is 5.36. The summed E-state index contributed by atoms with van der Waals surface area (Å²) in [6.45, 7) is 0. The molecule has 0 radical (unpaired) electrons. The molecule has 2 heterocycles. The number of thiophene rings is 1. The SMILES string of the molecule is CNC(Cc1cccs1)c1ccco1. The summed E-state index contributed by atoms with van der Waals surface area (Å²) in [6, 6.07) is 8.44. The van der Waals surface area contributed by atoms with E-state index in [1.165, 1.54) is 4.88 Å². The van der Waals surface area contributed by atoms with Gasteiger partial charge in [-0.2, -0.15) is 0 Å². The molecule has 3 heteroatoms. The van der Waals surface area contributed by atoms with Crippen molar-refractivity contribution in [2.75, 3.05) is 7.05 Å². The quantitative estimate of drug-likeness (QED) is 0.834. The van der Waals surface area contributed by atoms with Crippen LogP contribution in [0.25, 0.3) is 0 Å². The summed E-state index contributed by atoms with van der Waals surface area (Å²) < 4.78 is 5.38. The van der Waals surface area contributed by atoms with E-state index < -0.39 is 0 Å². The lowest BCUT2D eigenvalue weighted by atomic mass is 10.1. The number of hydrogen-bond donors (Lipinski definition) is 1. The van der Waals surface area contributed by atoms with Crippen molar-refractivity contribution in [3.05, 3.63) is 46.5 Å². The Balaban J connectivity index is 2.08. The molecule has 14 heavy (non-hydrogen) atoms. The first kappa shape index (κ1) is 9.49. The normalized spacial score (nSPS) is 12.9. The molecule has 0 aliphatic rings. The monoisotopic (exact) mass is 207 g/mol. The molecule has 0 aliphatic carbocycles. The molecule has 74 valence electrons. The van der Waals surface area contributed by atoms with Crippen molar-refractivity contribution < 1.29 is 4.42 Å². The Morgan fingerprint density at radius 2 is 2.36 bits per heavy atom. The number of rotatable bonds is 4. The third-order valence-corrected chi connectivity index (χ3v) is 3.12. The highest BCUT2D eigenvalue weighted by Crippen LogP contribution is 2.20. The highest BCUT2D eigenvalue weighted by molar-refractivity contribution is 7.09. The Hall–Kier alpha value is -1.06. The van der Waals surface area contributed by atoms with Gasteiger partial charge in [0.1, 0.15) is 5.76 Å². The van der Waals surface area contributed by atoms with Crippen LogP contribution >= 0.6 is 11.3 Å². The van der Waals surface area contributed by atoms with Crippen LogP contribution in [-0.4, -0.2) is 7.05 Å². The van der Waals surface area contributed by atoms with Gasteiger partial charge < -0.3 is 9.73 Å². The fourth-order valence-electron chi connectivity index (χ4n) is 1.46. The third kappa shape index (κ3) is 2.05. The highest BCUT2D eigenvalue weighted by atomic mass is 32.1. The Kier molecular flexibility index (Phi) is 3.01. The van der Waals surface area contributed by atoms with Gasteiger partial charge in [-0.15, -0.1) is 11.3 Å². The van der Waals surface area contributed by atoms with Gasteiger partial charge in [0, 0.05) is 11.3 Å². The molecule has 0 saturated heterocycles. The van der Waals surface area contributed by atoms with Crippen LogP contribution in [0.15, 0.2) is 40.3 Å². The predicted molar refractivity (Wildman–Crippen MR) is 58.5 cm³/mol. The number of hydrogen-bond acceptors (Lipinski definition) is 3. The molecule has 0 spiro atoms. The summed E-state index contributed by atoms with van der Waals surface area (Å²) in [7, 11) is 1.96. The lowest BCUT2D eigenvalue weighted by molar-refractivity contribution is 0.431. The van der Waals surface area contributed by atoms with Crippen LogP contribution in [-0.2, 0) is 6.42 Å². The number of furan rings is 1. The first-order valence-corrected chi connectivity index (χ1v) is 5.51. The smallest absolute Gasteiger partial charge is 0.121 e. The van der Waals surface area contributed by atoms with Crippen LogP contribution in [0.3, 0.4) is 0 Å². The van der Waals surface area contributed by atoms with Gasteiger partial charge in [0.05, 0.1) is 12.3 Å². The van der Waals surface area contributed by atoms with E-state index in [9.17, 15) is 0 Å². The third-order valence-electron chi connectivity index (χ3n) is 2.22. The fraction of sp³-hybridized carbons (Fsp3) is 0.273. The summed E-state index contributed by atoms with van der Waals surface area (Å²) in [4.78, 5) is 1.38. The van der Waals surface area contributed by atoms with Crippen molar-refractivity contribution in [3.63, 3.8) is 0 Å². The lowest BCUT2D eigenvalue weighted by Gasteiger charge is -2.11. The van der Waals surface area contributed by atoms with Crippen LogP contribution in [0.1, 0.15) is 16.7 Å². The van der Waals surface area contributed by atoms with Gasteiger partial charge >= 0.3 is 0 Å². The zero-order chi connectivity index (χ0) is 9.80. The van der Waals surface area contributed by atoms with Crippen LogP contribution in [0.2, 0.25) is 0 Å². The minimum Gasteiger partial charge on any atom is -0.468 e. The van der Waals surface area contributed by atoms with Crippen molar-refractivity contribution in [1.29, 1.82) is 0 Å². The van der Waals surface area contributed by atoms with Gasteiger partial charge in [-0.1, -0.05) is 6.07 Å². The van der Waals surface area contributed by atoms with Gasteiger partial charge in [-0.25, -0.2) is 0 Å². The molecule has 1 N–H and O–H groups in total. The Morgan fingerprint density at radius 3 is 2.93 bits per heavy atom. The minimum absolute atomic E-state index is 0.281. The first-order valence-electron chi connectivity index (χ1n) is 4.63. The van der Waals surface area contributed by atoms with E-state index in [1.807, 2.05) is 19.2 Å². The van der Waals surface area contributed by atoms with Crippen LogP contribution in [0.5, 0.6) is 0 Å². The van der Waals surface area contributed by atoms with E-state index in [1.54, 1.807) is 17.6 Å².